The summed E-state index contributed by atoms with van der Waals surface area (Å²) >= 11 is 5.18. The van der Waals surface area contributed by atoms with Crippen LogP contribution in [0.3, 0.4) is 0 Å². The SMILES string of the molecule is CCCCCCNC(=S)NC(CO)C(O)C=Cc1ccc(F)cc1. The fourth-order valence-electron chi connectivity index (χ4n) is 2.13. The number of unbranched alkanes of at least 4 members (excludes halogenated alkanes) is 3. The van der Waals surface area contributed by atoms with E-state index in [9.17, 15) is 14.6 Å². The van der Waals surface area contributed by atoms with Gasteiger partial charge in [-0.25, -0.2) is 4.39 Å². The average molecular weight is 354 g/mol. The van der Waals surface area contributed by atoms with Gasteiger partial charge < -0.3 is 20.8 Å². The largest absolute Gasteiger partial charge is 0.394 e. The van der Waals surface area contributed by atoms with Crippen LogP contribution in [0.4, 0.5) is 4.39 Å². The second-order valence-corrected chi connectivity index (χ2v) is 6.06. The second-order valence-electron chi connectivity index (χ2n) is 5.65. The zero-order valence-corrected chi connectivity index (χ0v) is 14.9. The number of aliphatic hydroxyl groups is 2. The van der Waals surface area contributed by atoms with Crippen molar-refractivity contribution >= 4 is 23.4 Å². The summed E-state index contributed by atoms with van der Waals surface area (Å²) in [4.78, 5) is 0. The summed E-state index contributed by atoms with van der Waals surface area (Å²) < 4.78 is 12.8. The van der Waals surface area contributed by atoms with Crippen molar-refractivity contribution in [1.29, 1.82) is 0 Å². The van der Waals surface area contributed by atoms with Gasteiger partial charge >= 0.3 is 0 Å². The molecule has 0 fully saturated rings. The van der Waals surface area contributed by atoms with E-state index in [0.717, 1.165) is 24.9 Å². The van der Waals surface area contributed by atoms with Crippen molar-refractivity contribution in [2.24, 2.45) is 0 Å². The summed E-state index contributed by atoms with van der Waals surface area (Å²) in [6.07, 6.45) is 6.88. The maximum atomic E-state index is 12.8. The van der Waals surface area contributed by atoms with Crippen molar-refractivity contribution in [2.75, 3.05) is 13.2 Å². The molecular weight excluding hydrogens is 327 g/mol. The van der Waals surface area contributed by atoms with Crippen molar-refractivity contribution in [1.82, 2.24) is 10.6 Å². The molecule has 0 aromatic heterocycles. The molecule has 0 aliphatic heterocycles. The summed E-state index contributed by atoms with van der Waals surface area (Å²) in [5, 5.41) is 26.0. The Kier molecular flexibility index (Phi) is 10.2. The molecule has 2 unspecified atom stereocenters. The van der Waals surface area contributed by atoms with Crippen LogP contribution >= 0.6 is 12.2 Å². The van der Waals surface area contributed by atoms with Gasteiger partial charge in [0.15, 0.2) is 5.11 Å². The quantitative estimate of drug-likeness (QED) is 0.384. The average Bonchev–Trinajstić information content (AvgIpc) is 2.58. The third-order valence-electron chi connectivity index (χ3n) is 3.60. The van der Waals surface area contributed by atoms with E-state index in [4.69, 9.17) is 12.2 Å². The molecule has 2 atom stereocenters. The molecule has 0 radical (unpaired) electrons. The van der Waals surface area contributed by atoms with Crippen LogP contribution in [0.25, 0.3) is 6.08 Å². The number of rotatable bonds is 10. The lowest BCUT2D eigenvalue weighted by atomic mass is 10.1. The van der Waals surface area contributed by atoms with E-state index in [1.807, 2.05) is 0 Å². The lowest BCUT2D eigenvalue weighted by Gasteiger charge is -2.22. The van der Waals surface area contributed by atoms with Gasteiger partial charge in [-0.1, -0.05) is 50.5 Å². The minimum atomic E-state index is -0.917. The molecule has 0 heterocycles. The molecule has 0 saturated heterocycles. The van der Waals surface area contributed by atoms with E-state index in [0.29, 0.717) is 5.11 Å². The highest BCUT2D eigenvalue weighted by Gasteiger charge is 2.16. The van der Waals surface area contributed by atoms with E-state index in [1.165, 1.54) is 25.0 Å². The Bertz CT molecular complexity index is 508. The van der Waals surface area contributed by atoms with Crippen LogP contribution in [-0.4, -0.2) is 40.6 Å². The molecule has 134 valence electrons. The minimum absolute atomic E-state index is 0.257. The van der Waals surface area contributed by atoms with Crippen molar-refractivity contribution in [2.45, 2.75) is 44.8 Å². The van der Waals surface area contributed by atoms with Crippen molar-refractivity contribution in [3.05, 3.63) is 41.7 Å². The Labute approximate surface area is 148 Å². The number of hydrogen-bond donors (Lipinski definition) is 4. The first-order valence-corrected chi connectivity index (χ1v) is 8.74. The van der Waals surface area contributed by atoms with Crippen molar-refractivity contribution in [3.63, 3.8) is 0 Å². The van der Waals surface area contributed by atoms with Crippen LogP contribution in [-0.2, 0) is 0 Å². The lowest BCUT2D eigenvalue weighted by molar-refractivity contribution is 0.134. The highest BCUT2D eigenvalue weighted by molar-refractivity contribution is 7.80. The number of halogens is 1. The molecular formula is C18H27FN2O2S. The molecule has 0 aliphatic carbocycles. The van der Waals surface area contributed by atoms with Gasteiger partial charge in [-0.15, -0.1) is 0 Å². The van der Waals surface area contributed by atoms with Crippen LogP contribution in [0.2, 0.25) is 0 Å². The van der Waals surface area contributed by atoms with E-state index >= 15 is 0 Å². The fraction of sp³-hybridized carbons (Fsp3) is 0.500. The first-order chi connectivity index (χ1) is 11.6. The Balaban J connectivity index is 2.40. The minimum Gasteiger partial charge on any atom is -0.394 e. The molecule has 4 N–H and O–H groups in total. The molecule has 0 bridgehead atoms. The summed E-state index contributed by atoms with van der Waals surface area (Å²) in [7, 11) is 0. The molecule has 1 aromatic carbocycles. The fourth-order valence-corrected chi connectivity index (χ4v) is 2.38. The van der Waals surface area contributed by atoms with Crippen LogP contribution in [0, 0.1) is 5.82 Å². The number of benzene rings is 1. The Hall–Kier alpha value is -1.50. The van der Waals surface area contributed by atoms with Crippen molar-refractivity contribution in [3.8, 4) is 0 Å². The Morgan fingerprint density at radius 3 is 2.58 bits per heavy atom. The first kappa shape index (κ1) is 20.5. The van der Waals surface area contributed by atoms with Crippen LogP contribution in [0.15, 0.2) is 30.3 Å². The highest BCUT2D eigenvalue weighted by atomic mass is 32.1. The molecule has 4 nitrogen and oxygen atoms in total. The predicted octanol–water partition coefficient (Wildman–Crippen LogP) is 2.61. The molecule has 0 aliphatic rings. The molecule has 1 rings (SSSR count). The van der Waals surface area contributed by atoms with Gasteiger partial charge in [0.25, 0.3) is 0 Å². The zero-order chi connectivity index (χ0) is 17.8. The van der Waals surface area contributed by atoms with Crippen LogP contribution < -0.4 is 10.6 Å². The van der Waals surface area contributed by atoms with Gasteiger partial charge in [0.05, 0.1) is 18.8 Å². The number of nitrogens with one attached hydrogen (secondary N) is 2. The van der Waals surface area contributed by atoms with E-state index in [1.54, 1.807) is 24.3 Å². The number of aliphatic hydroxyl groups excluding tert-OH is 2. The van der Waals surface area contributed by atoms with Crippen LogP contribution in [0.5, 0.6) is 0 Å². The predicted molar refractivity (Wildman–Crippen MR) is 100 cm³/mol. The van der Waals surface area contributed by atoms with Gasteiger partial charge in [-0.2, -0.15) is 0 Å². The van der Waals surface area contributed by atoms with Gasteiger partial charge in [0, 0.05) is 6.54 Å². The highest BCUT2D eigenvalue weighted by Crippen LogP contribution is 2.06. The van der Waals surface area contributed by atoms with Gasteiger partial charge in [0.1, 0.15) is 5.82 Å². The summed E-state index contributed by atoms with van der Waals surface area (Å²) in [5.74, 6) is -0.307. The Morgan fingerprint density at radius 1 is 1.25 bits per heavy atom. The first-order valence-electron chi connectivity index (χ1n) is 8.34. The summed E-state index contributed by atoms with van der Waals surface area (Å²) in [6, 6.07) is 5.33. The third kappa shape index (κ3) is 8.38. The van der Waals surface area contributed by atoms with E-state index < -0.39 is 12.1 Å². The molecule has 0 saturated carbocycles. The smallest absolute Gasteiger partial charge is 0.166 e. The second kappa shape index (κ2) is 11.9. The summed E-state index contributed by atoms with van der Waals surface area (Å²) in [6.45, 7) is 2.67. The number of thiocarbonyl (C=S) groups is 1. The standard InChI is InChI=1S/C18H27FN2O2S/c1-2-3-4-5-12-20-18(24)21-16(13-22)17(23)11-8-14-6-9-15(19)10-7-14/h6-11,16-17,22-23H,2-5,12-13H2,1H3,(H2,20,21,24). The monoisotopic (exact) mass is 354 g/mol. The maximum absolute atomic E-state index is 12.8. The van der Waals surface area contributed by atoms with Crippen molar-refractivity contribution < 1.29 is 14.6 Å². The molecule has 0 amide bonds. The van der Waals surface area contributed by atoms with Gasteiger partial charge in [-0.3, -0.25) is 0 Å². The topological polar surface area (TPSA) is 64.5 Å². The zero-order valence-electron chi connectivity index (χ0n) is 14.0. The molecule has 1 aromatic rings. The lowest BCUT2D eigenvalue weighted by Crippen LogP contribution is -2.49. The van der Waals surface area contributed by atoms with Gasteiger partial charge in [-0.05, 0) is 36.3 Å². The molecule has 0 spiro atoms. The normalized spacial score (nSPS) is 13.7. The summed E-state index contributed by atoms with van der Waals surface area (Å²) in [5.41, 5.74) is 0.767. The van der Waals surface area contributed by atoms with Gasteiger partial charge in [0.2, 0.25) is 0 Å². The van der Waals surface area contributed by atoms with E-state index in [2.05, 4.69) is 17.6 Å². The maximum Gasteiger partial charge on any atom is 0.166 e. The molecule has 6 heteroatoms. The van der Waals surface area contributed by atoms with E-state index in [-0.39, 0.29) is 12.4 Å². The van der Waals surface area contributed by atoms with Crippen LogP contribution in [0.1, 0.15) is 38.2 Å². The third-order valence-corrected chi connectivity index (χ3v) is 3.86. The number of hydrogen-bond acceptors (Lipinski definition) is 3. The Morgan fingerprint density at radius 2 is 1.96 bits per heavy atom. The molecule has 24 heavy (non-hydrogen) atoms.